The van der Waals surface area contributed by atoms with Crippen LogP contribution in [0.3, 0.4) is 0 Å². The number of nitrogens with one attached hydrogen (secondary N) is 4. The average molecular weight is 783 g/mol. The largest absolute Gasteiger partial charge is 2.00 e. The average Bonchev–Trinajstić information content (AvgIpc) is 3.06. The van der Waals surface area contributed by atoms with Crippen molar-refractivity contribution in [3.63, 3.8) is 0 Å². The zero-order valence-corrected chi connectivity index (χ0v) is 32.3. The van der Waals surface area contributed by atoms with Gasteiger partial charge in [-0.25, -0.2) is 0 Å². The monoisotopic (exact) mass is 781 g/mol. The number of aliphatic carboxylic acids is 2. The van der Waals surface area contributed by atoms with Crippen LogP contribution in [0.15, 0.2) is 0 Å². The van der Waals surface area contributed by atoms with Crippen LogP contribution < -0.4 is 31.5 Å². The first-order chi connectivity index (χ1) is 23.1. The van der Waals surface area contributed by atoms with Crippen molar-refractivity contribution in [2.75, 3.05) is 26.2 Å². The summed E-state index contributed by atoms with van der Waals surface area (Å²) in [6.45, 7) is 3.01. The van der Waals surface area contributed by atoms with Crippen molar-refractivity contribution < 1.29 is 67.0 Å². The zero-order valence-electron chi connectivity index (χ0n) is 31.4. The Hall–Kier alpha value is -2.74. The number of carboxylic acids is 2. The summed E-state index contributed by atoms with van der Waals surface area (Å²) >= 11 is 0. The third-order valence-electron chi connectivity index (χ3n) is 7.77. The normalized spacial score (nSPS) is 9.76. The molecule has 0 aliphatic rings. The topological polar surface area (TPSA) is 260 Å². The van der Waals surface area contributed by atoms with E-state index in [2.05, 4.69) is 35.1 Å². The zero-order chi connectivity index (χ0) is 36.1. The molecule has 0 saturated heterocycles. The number of carboxylic acid groups (broad SMARTS) is 2. The summed E-state index contributed by atoms with van der Waals surface area (Å²) in [4.78, 5) is 65.8. The molecular weight excluding hydrogens is 712 g/mol. The molecule has 0 aliphatic heterocycles. The maximum Gasteiger partial charge on any atom is 2.00 e. The van der Waals surface area contributed by atoms with E-state index in [0.29, 0.717) is 12.8 Å². The van der Waals surface area contributed by atoms with Gasteiger partial charge in [-0.1, -0.05) is 142 Å². The second-order valence-electron chi connectivity index (χ2n) is 12.4. The van der Waals surface area contributed by atoms with Gasteiger partial charge in [-0.15, -0.1) is 0 Å². The number of carbonyl (C=O) groups excluding carboxylic acids is 6. The van der Waals surface area contributed by atoms with Crippen molar-refractivity contribution in [1.82, 2.24) is 21.3 Å². The van der Waals surface area contributed by atoms with Gasteiger partial charge in [-0.05, 0) is 12.8 Å². The first kappa shape index (κ1) is 57.6. The van der Waals surface area contributed by atoms with E-state index in [-0.39, 0.29) is 52.9 Å². The fourth-order valence-electron chi connectivity index (χ4n) is 4.90. The molecule has 51 heavy (non-hydrogen) atoms. The van der Waals surface area contributed by atoms with Crippen molar-refractivity contribution in [2.45, 2.75) is 168 Å². The maximum absolute atomic E-state index is 11.5. The van der Waals surface area contributed by atoms with Crippen molar-refractivity contribution in [3.8, 4) is 0 Å². The summed E-state index contributed by atoms with van der Waals surface area (Å²) in [5.41, 5.74) is 0. The van der Waals surface area contributed by atoms with Gasteiger partial charge in [0.05, 0.1) is 38.1 Å². The fourth-order valence-corrected chi connectivity index (χ4v) is 4.90. The third kappa shape index (κ3) is 51.7. The van der Waals surface area contributed by atoms with E-state index in [1.807, 2.05) is 0 Å². The van der Waals surface area contributed by atoms with Crippen LogP contribution in [-0.4, -0.2) is 72.7 Å². The Labute approximate surface area is 317 Å². The summed E-state index contributed by atoms with van der Waals surface area (Å²) in [7, 11) is 0. The summed E-state index contributed by atoms with van der Waals surface area (Å²) in [6, 6.07) is 0. The van der Waals surface area contributed by atoms with Crippen molar-refractivity contribution in [1.29, 1.82) is 0 Å². The molecule has 4 amide bonds. The number of carbonyl (C=O) groups is 6. The van der Waals surface area contributed by atoms with E-state index >= 15 is 0 Å². The van der Waals surface area contributed by atoms with E-state index in [4.69, 9.17) is 0 Å². The van der Waals surface area contributed by atoms with Crippen molar-refractivity contribution >= 4 is 35.6 Å². The molecule has 1 radical (unpaired) electrons. The van der Waals surface area contributed by atoms with E-state index in [1.165, 1.54) is 103 Å². The molecule has 8 N–H and O–H groups in total. The molecular formula is C36H70CuN4O10. The number of amides is 4. The first-order valence-electron chi connectivity index (χ1n) is 18.6. The minimum atomic E-state index is -1.35. The van der Waals surface area contributed by atoms with Crippen molar-refractivity contribution in [2.24, 2.45) is 0 Å². The quantitative estimate of drug-likeness (QED) is 0.0575. The van der Waals surface area contributed by atoms with Gasteiger partial charge in [0.15, 0.2) is 0 Å². The Morgan fingerprint density at radius 2 is 0.569 bits per heavy atom. The molecule has 0 rings (SSSR count). The number of hydrogen-bond donors (Lipinski definition) is 4. The minimum Gasteiger partial charge on any atom is -0.548 e. The third-order valence-corrected chi connectivity index (χ3v) is 7.77. The molecule has 0 saturated carbocycles. The van der Waals surface area contributed by atoms with E-state index in [1.54, 1.807) is 0 Å². The molecule has 0 aromatic rings. The van der Waals surface area contributed by atoms with Crippen molar-refractivity contribution in [3.05, 3.63) is 0 Å². The number of unbranched alkanes of at least 4 members (excludes halogenated alkanes) is 20. The molecule has 14 nitrogen and oxygen atoms in total. The predicted molar refractivity (Wildman–Crippen MR) is 191 cm³/mol. The Balaban J connectivity index is -0.000000261. The van der Waals surface area contributed by atoms with Crippen LogP contribution >= 0.6 is 0 Å². The smallest absolute Gasteiger partial charge is 0.548 e. The molecule has 0 spiro atoms. The summed E-state index contributed by atoms with van der Waals surface area (Å²) < 4.78 is 0. The van der Waals surface area contributed by atoms with Gasteiger partial charge in [0.25, 0.3) is 0 Å². The number of hydrogen-bond acceptors (Lipinski definition) is 8. The van der Waals surface area contributed by atoms with Crippen LogP contribution in [0.1, 0.15) is 168 Å². The predicted octanol–water partition coefficient (Wildman–Crippen LogP) is 1.69. The van der Waals surface area contributed by atoms with E-state index in [9.17, 15) is 39.0 Å². The molecule has 0 aromatic heterocycles. The summed E-state index contributed by atoms with van der Waals surface area (Å²) in [6.07, 6.45) is 27.8. The molecule has 0 heterocycles. The molecule has 0 aromatic carbocycles. The van der Waals surface area contributed by atoms with Gasteiger partial charge in [0, 0.05) is 12.8 Å². The Morgan fingerprint density at radius 1 is 0.353 bits per heavy atom. The van der Waals surface area contributed by atoms with E-state index < -0.39 is 36.8 Å². The van der Waals surface area contributed by atoms with Crippen LogP contribution in [0.2, 0.25) is 0 Å². The Bertz CT molecular complexity index is 798. The summed E-state index contributed by atoms with van der Waals surface area (Å²) in [5, 5.41) is 29.5. The Kier molecular flexibility index (Phi) is 51.1. The van der Waals surface area contributed by atoms with Gasteiger partial charge in [0.1, 0.15) is 0 Å². The summed E-state index contributed by atoms with van der Waals surface area (Å²) in [5.74, 6) is -4.09. The van der Waals surface area contributed by atoms with Crippen LogP contribution in [-0.2, 0) is 45.8 Å². The van der Waals surface area contributed by atoms with Gasteiger partial charge < -0.3 is 52.0 Å². The van der Waals surface area contributed by atoms with Crippen LogP contribution in [0, 0.1) is 0 Å². The molecule has 0 aliphatic carbocycles. The molecule has 0 unspecified atom stereocenters. The van der Waals surface area contributed by atoms with Gasteiger partial charge in [-0.3, -0.25) is 19.2 Å². The SMILES string of the molecule is CCCCCCCCCCCCCC(=O)NCC(=O)NCC(=O)[O-].CCCCCCCCCCCCCC(=O)NCC(=O)NCC(=O)[O-].O.O.[Cu+2]. The molecule has 0 fully saturated rings. The Morgan fingerprint density at radius 3 is 0.804 bits per heavy atom. The molecule has 0 bridgehead atoms. The van der Waals surface area contributed by atoms with Crippen LogP contribution in [0.4, 0.5) is 0 Å². The van der Waals surface area contributed by atoms with Gasteiger partial charge in [0.2, 0.25) is 23.6 Å². The van der Waals surface area contributed by atoms with Crippen LogP contribution in [0.5, 0.6) is 0 Å². The van der Waals surface area contributed by atoms with Crippen LogP contribution in [0.25, 0.3) is 0 Å². The second-order valence-corrected chi connectivity index (χ2v) is 12.4. The standard InChI is InChI=1S/2C18H34N2O4.Cu.2H2O/c2*1-2-3-4-5-6-7-8-9-10-11-12-13-16(21)19-14-17(22)20-15-18(23)24;;;/h2*2-15H2,1H3,(H,19,21)(H,20,22)(H,23,24);;2*1H2/q;;+2;;/p-2. The van der Waals surface area contributed by atoms with E-state index in [0.717, 1.165) is 38.5 Å². The fraction of sp³-hybridized carbons (Fsp3) is 0.833. The second kappa shape index (κ2) is 45.3. The first-order valence-corrected chi connectivity index (χ1v) is 18.6. The maximum atomic E-state index is 11.5. The minimum absolute atomic E-state index is 0. The van der Waals surface area contributed by atoms with Gasteiger partial charge >= 0.3 is 17.1 Å². The molecule has 305 valence electrons. The molecule has 0 atom stereocenters. The number of rotatable bonds is 32. The van der Waals surface area contributed by atoms with Gasteiger partial charge in [-0.2, -0.15) is 0 Å². The molecule has 15 heteroatoms.